The number of ketones is 1. The normalized spacial score (nSPS) is 36.0. The van der Waals surface area contributed by atoms with Crippen LogP contribution in [0.25, 0.3) is 0 Å². The Bertz CT molecular complexity index is 1730. The van der Waals surface area contributed by atoms with Gasteiger partial charge >= 0.3 is 17.9 Å². The van der Waals surface area contributed by atoms with Crippen molar-refractivity contribution in [1.82, 2.24) is 5.32 Å². The average molecular weight is 764 g/mol. The molecule has 2 N–H and O–H groups in total. The van der Waals surface area contributed by atoms with Crippen LogP contribution in [0, 0.1) is 62.0 Å². The highest BCUT2D eigenvalue weighted by atomic mass is 19.1. The topological polar surface area (TPSA) is 119 Å². The van der Waals surface area contributed by atoms with E-state index < -0.39 is 28.9 Å². The summed E-state index contributed by atoms with van der Waals surface area (Å²) in [5.74, 6) is -0.879. The summed E-state index contributed by atoms with van der Waals surface area (Å²) in [7, 11) is 0. The maximum atomic E-state index is 14.3. The van der Waals surface area contributed by atoms with Gasteiger partial charge in [-0.05, 0) is 134 Å². The highest BCUT2D eigenvalue weighted by Gasteiger charge is 2.71. The Morgan fingerprint density at radius 2 is 1.60 bits per heavy atom. The van der Waals surface area contributed by atoms with Crippen LogP contribution in [0.1, 0.15) is 139 Å². The molecule has 5 aliphatic rings. The standard InChI is InChI=1S/C46H66FNO7/c1-27(2)38-32(50)23-46(36(54-28(3)49)26-48-25-29-11-13-30(47)14-12-29)22-21-44(9)31(39(38)46)15-16-34-43(8)19-18-35(55-37(51)24-41(4,5)40(52)53)42(6,7)33(43)17-20-45(34,44)10/h11-14,27,31,33-36,48H,15-26H2,1-10H3,(H,52,53)/t31-,33+,34-,35+,36+,43+,44-,45-,46+/m1/s1. The van der Waals surface area contributed by atoms with Crippen molar-refractivity contribution in [3.05, 3.63) is 46.8 Å². The summed E-state index contributed by atoms with van der Waals surface area (Å²) in [5, 5.41) is 13.1. The van der Waals surface area contributed by atoms with Crippen molar-refractivity contribution < 1.29 is 38.1 Å². The van der Waals surface area contributed by atoms with Crippen molar-refractivity contribution in [3.8, 4) is 0 Å². The molecule has 0 amide bonds. The molecule has 0 unspecified atom stereocenters. The van der Waals surface area contributed by atoms with Crippen molar-refractivity contribution in [2.75, 3.05) is 6.54 Å². The van der Waals surface area contributed by atoms with Gasteiger partial charge in [-0.1, -0.05) is 60.6 Å². The van der Waals surface area contributed by atoms with E-state index in [2.05, 4.69) is 53.8 Å². The molecule has 8 nitrogen and oxygen atoms in total. The first-order valence-corrected chi connectivity index (χ1v) is 20.9. The summed E-state index contributed by atoms with van der Waals surface area (Å²) in [6, 6.07) is 6.41. The number of carboxylic acids is 1. The molecular formula is C46H66FNO7. The Hall–Kier alpha value is -3.07. The molecule has 304 valence electrons. The van der Waals surface area contributed by atoms with E-state index in [-0.39, 0.29) is 63.6 Å². The molecule has 0 heterocycles. The monoisotopic (exact) mass is 763 g/mol. The van der Waals surface area contributed by atoms with Gasteiger partial charge in [0.15, 0.2) is 5.78 Å². The number of rotatable bonds is 11. The number of esters is 2. The van der Waals surface area contributed by atoms with Crippen molar-refractivity contribution in [2.45, 2.75) is 152 Å². The lowest BCUT2D eigenvalue weighted by Gasteiger charge is -2.72. The quantitative estimate of drug-likeness (QED) is 0.214. The minimum atomic E-state index is -1.18. The molecule has 0 saturated heterocycles. The maximum absolute atomic E-state index is 14.3. The molecule has 0 spiro atoms. The van der Waals surface area contributed by atoms with Gasteiger partial charge < -0.3 is 19.9 Å². The zero-order chi connectivity index (χ0) is 40.5. The zero-order valence-electron chi connectivity index (χ0n) is 35.0. The first kappa shape index (κ1) is 41.6. The van der Waals surface area contributed by atoms with Crippen molar-refractivity contribution in [1.29, 1.82) is 0 Å². The molecule has 4 saturated carbocycles. The smallest absolute Gasteiger partial charge is 0.309 e. The van der Waals surface area contributed by atoms with Crippen LogP contribution in [-0.4, -0.2) is 47.6 Å². The SMILES string of the molecule is CC(=O)O[C@@H](CNCc1ccc(F)cc1)[C@@]12CC[C@]3(C)[C@H](CC[C@@H]4[C@@]5(C)CC[C@H](OC(=O)CC(C)(C)C(=O)O)C(C)(C)[C@@H]5CC[C@]43C)C1=C(C(C)C)C(=O)C2. The number of carbonyl (C=O) groups is 4. The molecule has 0 bridgehead atoms. The lowest BCUT2D eigenvalue weighted by Crippen LogP contribution is -2.66. The summed E-state index contributed by atoms with van der Waals surface area (Å²) < 4.78 is 26.0. The second-order valence-corrected chi connectivity index (χ2v) is 20.4. The minimum absolute atomic E-state index is 0.00305. The Morgan fingerprint density at radius 3 is 2.22 bits per heavy atom. The number of hydrogen-bond acceptors (Lipinski definition) is 7. The third kappa shape index (κ3) is 6.80. The van der Waals surface area contributed by atoms with E-state index in [4.69, 9.17) is 9.47 Å². The highest BCUT2D eigenvalue weighted by Crippen LogP contribution is 2.77. The molecule has 0 radical (unpaired) electrons. The van der Waals surface area contributed by atoms with Gasteiger partial charge in [0, 0.05) is 37.3 Å². The lowest BCUT2D eigenvalue weighted by molar-refractivity contribution is -0.235. The van der Waals surface area contributed by atoms with Crippen molar-refractivity contribution in [2.24, 2.45) is 56.2 Å². The number of fused-ring (bicyclic) bond motifs is 7. The van der Waals surface area contributed by atoms with Gasteiger partial charge in [-0.2, -0.15) is 0 Å². The Morgan fingerprint density at radius 1 is 0.927 bits per heavy atom. The number of halogens is 1. The van der Waals surface area contributed by atoms with Crippen LogP contribution >= 0.6 is 0 Å². The number of carbonyl (C=O) groups excluding carboxylic acids is 3. The maximum Gasteiger partial charge on any atom is 0.309 e. The fourth-order valence-corrected chi connectivity index (χ4v) is 13.4. The summed E-state index contributed by atoms with van der Waals surface area (Å²) in [4.78, 5) is 51.9. The van der Waals surface area contributed by atoms with E-state index in [1.54, 1.807) is 26.0 Å². The molecule has 5 aliphatic carbocycles. The van der Waals surface area contributed by atoms with Crippen LogP contribution in [0.4, 0.5) is 4.39 Å². The Kier molecular flexibility index (Phi) is 10.9. The summed E-state index contributed by atoms with van der Waals surface area (Å²) in [5.41, 5.74) is 1.04. The third-order valence-electron chi connectivity index (χ3n) is 16.4. The van der Waals surface area contributed by atoms with Crippen LogP contribution in [0.5, 0.6) is 0 Å². The molecule has 0 aromatic heterocycles. The molecular weight excluding hydrogens is 698 g/mol. The Balaban J connectivity index is 1.30. The number of Topliss-reactive ketones (excluding diaryl/α,β-unsaturated/α-hetero) is 1. The van der Waals surface area contributed by atoms with E-state index in [1.165, 1.54) is 24.6 Å². The zero-order valence-corrected chi connectivity index (χ0v) is 35.0. The average Bonchev–Trinajstić information content (AvgIpc) is 3.39. The summed E-state index contributed by atoms with van der Waals surface area (Å²) >= 11 is 0. The van der Waals surface area contributed by atoms with Crippen LogP contribution in [0.2, 0.25) is 0 Å². The second kappa shape index (κ2) is 14.4. The van der Waals surface area contributed by atoms with Crippen LogP contribution in [0.15, 0.2) is 35.4 Å². The van der Waals surface area contributed by atoms with Crippen molar-refractivity contribution >= 4 is 23.7 Å². The van der Waals surface area contributed by atoms with Crippen molar-refractivity contribution in [3.63, 3.8) is 0 Å². The van der Waals surface area contributed by atoms with Gasteiger partial charge in [0.1, 0.15) is 18.0 Å². The van der Waals surface area contributed by atoms with Crippen LogP contribution < -0.4 is 5.32 Å². The molecule has 55 heavy (non-hydrogen) atoms. The molecule has 4 fully saturated rings. The minimum Gasteiger partial charge on any atom is -0.481 e. The van der Waals surface area contributed by atoms with E-state index in [1.807, 2.05) is 0 Å². The number of allylic oxidation sites excluding steroid dienone is 1. The van der Waals surface area contributed by atoms with Gasteiger partial charge in [-0.15, -0.1) is 0 Å². The van der Waals surface area contributed by atoms with Gasteiger partial charge in [0.2, 0.25) is 0 Å². The number of nitrogens with one attached hydrogen (secondary N) is 1. The number of aliphatic carboxylic acids is 1. The third-order valence-corrected chi connectivity index (χ3v) is 16.4. The molecule has 6 rings (SSSR count). The molecule has 0 aliphatic heterocycles. The Labute approximate surface area is 328 Å². The second-order valence-electron chi connectivity index (χ2n) is 20.4. The predicted molar refractivity (Wildman–Crippen MR) is 209 cm³/mol. The van der Waals surface area contributed by atoms with Gasteiger partial charge in [-0.25, -0.2) is 4.39 Å². The molecule has 9 heteroatoms. The van der Waals surface area contributed by atoms with E-state index >= 15 is 0 Å². The van der Waals surface area contributed by atoms with Crippen LogP contribution in [-0.2, 0) is 35.2 Å². The fraction of sp³-hybridized carbons (Fsp3) is 0.739. The summed E-state index contributed by atoms with van der Waals surface area (Å²) in [6.45, 7) is 21.8. The molecule has 1 aromatic carbocycles. The molecule has 1 aromatic rings. The van der Waals surface area contributed by atoms with Crippen LogP contribution in [0.3, 0.4) is 0 Å². The number of ether oxygens (including phenoxy) is 2. The fourth-order valence-electron chi connectivity index (χ4n) is 13.4. The van der Waals surface area contributed by atoms with E-state index in [0.29, 0.717) is 31.3 Å². The van der Waals surface area contributed by atoms with Gasteiger partial charge in [-0.3, -0.25) is 19.2 Å². The van der Waals surface area contributed by atoms with E-state index in [9.17, 15) is 28.7 Å². The predicted octanol–water partition coefficient (Wildman–Crippen LogP) is 9.24. The number of benzene rings is 1. The van der Waals surface area contributed by atoms with Gasteiger partial charge in [0.25, 0.3) is 0 Å². The number of hydrogen-bond donors (Lipinski definition) is 2. The first-order chi connectivity index (χ1) is 25.5. The first-order valence-electron chi connectivity index (χ1n) is 20.9. The van der Waals surface area contributed by atoms with Gasteiger partial charge in [0.05, 0.1) is 11.8 Å². The highest BCUT2D eigenvalue weighted by molar-refractivity contribution is 6.01. The van der Waals surface area contributed by atoms with E-state index in [0.717, 1.165) is 62.5 Å². The number of carboxylic acid groups (broad SMARTS) is 1. The molecule has 9 atom stereocenters. The lowest BCUT2D eigenvalue weighted by atomic mass is 9.33. The summed E-state index contributed by atoms with van der Waals surface area (Å²) in [6.07, 6.45) is 6.88. The largest absolute Gasteiger partial charge is 0.481 e.